The molecule has 0 bridgehead atoms. The number of imidazole rings is 1. The minimum absolute atomic E-state index is 0.297. The van der Waals surface area contributed by atoms with Gasteiger partial charge in [-0.15, -0.1) is 0 Å². The van der Waals surface area contributed by atoms with E-state index >= 15 is 0 Å². The Kier molecular flexibility index (Phi) is 6.50. The normalized spacial score (nSPS) is 20.4. The van der Waals surface area contributed by atoms with Crippen LogP contribution in [-0.4, -0.2) is 54.4 Å². The van der Waals surface area contributed by atoms with E-state index in [-0.39, 0.29) is 0 Å². The molecular formula is C15H27N3O2. The summed E-state index contributed by atoms with van der Waals surface area (Å²) in [4.78, 5) is 10.3. The number of aromatic nitrogens is 2. The van der Waals surface area contributed by atoms with Gasteiger partial charge in [0, 0.05) is 51.7 Å². The van der Waals surface area contributed by atoms with Gasteiger partial charge in [-0.1, -0.05) is 13.3 Å². The van der Waals surface area contributed by atoms with Crippen molar-refractivity contribution in [1.29, 1.82) is 0 Å². The Bertz CT molecular complexity index is 381. The van der Waals surface area contributed by atoms with Crippen LogP contribution in [0.25, 0.3) is 0 Å². The van der Waals surface area contributed by atoms with Crippen LogP contribution in [0.3, 0.4) is 0 Å². The summed E-state index contributed by atoms with van der Waals surface area (Å²) in [5.41, 5.74) is 1.21. The topological polar surface area (TPSA) is 50.4 Å². The standard InChI is InChI=1S/C15H27N3O2/c1-3-4-5-15-16-10-13(17-15)11-18-7-9-20-14(12-18)6-8-19-2/h10,14H,3-9,11-12H2,1-2H3,(H,16,17)/t14-/m0/s1. The molecular weight excluding hydrogens is 254 g/mol. The van der Waals surface area contributed by atoms with Crippen molar-refractivity contribution in [2.75, 3.05) is 33.4 Å². The van der Waals surface area contributed by atoms with E-state index in [0.717, 1.165) is 51.5 Å². The second-order valence-electron chi connectivity index (χ2n) is 5.47. The lowest BCUT2D eigenvalue weighted by atomic mass is 10.2. The SMILES string of the molecule is CCCCc1ncc(CN2CCO[C@@H](CCOC)C2)[nH]1. The third-order valence-corrected chi connectivity index (χ3v) is 3.71. The van der Waals surface area contributed by atoms with Crippen LogP contribution in [0, 0.1) is 0 Å². The Morgan fingerprint density at radius 1 is 1.55 bits per heavy atom. The molecule has 2 heterocycles. The van der Waals surface area contributed by atoms with Crippen molar-refractivity contribution in [3.05, 3.63) is 17.7 Å². The number of hydrogen-bond donors (Lipinski definition) is 1. The van der Waals surface area contributed by atoms with Gasteiger partial charge in [0.05, 0.1) is 12.7 Å². The molecule has 114 valence electrons. The molecule has 0 aliphatic carbocycles. The van der Waals surface area contributed by atoms with Gasteiger partial charge in [-0.25, -0.2) is 4.98 Å². The summed E-state index contributed by atoms with van der Waals surface area (Å²) < 4.78 is 10.9. The number of H-pyrrole nitrogens is 1. The van der Waals surface area contributed by atoms with Crippen molar-refractivity contribution in [1.82, 2.24) is 14.9 Å². The molecule has 5 nitrogen and oxygen atoms in total. The molecule has 0 unspecified atom stereocenters. The van der Waals surface area contributed by atoms with E-state index in [1.54, 1.807) is 7.11 Å². The van der Waals surface area contributed by atoms with E-state index in [1.165, 1.54) is 18.5 Å². The average Bonchev–Trinajstić information content (AvgIpc) is 2.91. The van der Waals surface area contributed by atoms with E-state index in [9.17, 15) is 0 Å². The molecule has 0 radical (unpaired) electrons. The van der Waals surface area contributed by atoms with Crippen LogP contribution in [0.4, 0.5) is 0 Å². The van der Waals surface area contributed by atoms with Gasteiger partial charge in [0.2, 0.25) is 0 Å². The molecule has 1 atom stereocenters. The van der Waals surface area contributed by atoms with Crippen LogP contribution in [-0.2, 0) is 22.4 Å². The molecule has 2 rings (SSSR count). The molecule has 0 saturated carbocycles. The number of nitrogens with one attached hydrogen (secondary N) is 1. The Morgan fingerprint density at radius 3 is 3.25 bits per heavy atom. The number of morpholine rings is 1. The maximum Gasteiger partial charge on any atom is 0.106 e. The Labute approximate surface area is 121 Å². The summed E-state index contributed by atoms with van der Waals surface area (Å²) in [6.45, 7) is 6.69. The first-order chi connectivity index (χ1) is 9.81. The summed E-state index contributed by atoms with van der Waals surface area (Å²) in [6, 6.07) is 0. The van der Waals surface area contributed by atoms with Crippen LogP contribution in [0.1, 0.15) is 37.7 Å². The number of unbranched alkanes of at least 4 members (excludes halogenated alkanes) is 1. The molecule has 0 spiro atoms. The number of rotatable bonds is 8. The number of hydrogen-bond acceptors (Lipinski definition) is 4. The summed E-state index contributed by atoms with van der Waals surface area (Å²) in [7, 11) is 1.74. The highest BCUT2D eigenvalue weighted by molar-refractivity contribution is 5.01. The van der Waals surface area contributed by atoms with E-state index in [0.29, 0.717) is 6.10 Å². The highest BCUT2D eigenvalue weighted by atomic mass is 16.5. The number of aromatic amines is 1. The molecule has 1 saturated heterocycles. The zero-order valence-electron chi connectivity index (χ0n) is 12.7. The fourth-order valence-electron chi connectivity index (χ4n) is 2.55. The second kappa shape index (κ2) is 8.39. The third kappa shape index (κ3) is 4.89. The van der Waals surface area contributed by atoms with Crippen LogP contribution in [0.5, 0.6) is 0 Å². The zero-order chi connectivity index (χ0) is 14.2. The van der Waals surface area contributed by atoms with Crippen molar-refractivity contribution in [2.24, 2.45) is 0 Å². The maximum atomic E-state index is 5.76. The number of nitrogens with zero attached hydrogens (tertiary/aromatic N) is 2. The van der Waals surface area contributed by atoms with Gasteiger partial charge in [-0.05, 0) is 12.8 Å². The van der Waals surface area contributed by atoms with Gasteiger partial charge in [-0.2, -0.15) is 0 Å². The summed E-state index contributed by atoms with van der Waals surface area (Å²) in [6.07, 6.45) is 6.70. The van der Waals surface area contributed by atoms with E-state index < -0.39 is 0 Å². The number of methoxy groups -OCH3 is 1. The molecule has 1 aromatic heterocycles. The van der Waals surface area contributed by atoms with Crippen molar-refractivity contribution >= 4 is 0 Å². The highest BCUT2D eigenvalue weighted by Crippen LogP contribution is 2.12. The Hall–Kier alpha value is -0.910. The average molecular weight is 281 g/mol. The van der Waals surface area contributed by atoms with Gasteiger partial charge in [-0.3, -0.25) is 4.90 Å². The molecule has 20 heavy (non-hydrogen) atoms. The summed E-state index contributed by atoms with van der Waals surface area (Å²) in [5, 5.41) is 0. The highest BCUT2D eigenvalue weighted by Gasteiger charge is 2.20. The first-order valence-electron chi connectivity index (χ1n) is 7.67. The molecule has 1 aromatic rings. The fourth-order valence-corrected chi connectivity index (χ4v) is 2.55. The third-order valence-electron chi connectivity index (χ3n) is 3.71. The molecule has 0 aromatic carbocycles. The minimum Gasteiger partial charge on any atom is -0.385 e. The fraction of sp³-hybridized carbons (Fsp3) is 0.800. The van der Waals surface area contributed by atoms with Gasteiger partial charge in [0.15, 0.2) is 0 Å². The smallest absolute Gasteiger partial charge is 0.106 e. The maximum absolute atomic E-state index is 5.76. The number of aryl methyl sites for hydroxylation is 1. The lowest BCUT2D eigenvalue weighted by Crippen LogP contribution is -2.42. The van der Waals surface area contributed by atoms with Gasteiger partial charge >= 0.3 is 0 Å². The monoisotopic (exact) mass is 281 g/mol. The van der Waals surface area contributed by atoms with Crippen LogP contribution in [0.15, 0.2) is 6.20 Å². The van der Waals surface area contributed by atoms with Crippen LogP contribution < -0.4 is 0 Å². The quantitative estimate of drug-likeness (QED) is 0.792. The van der Waals surface area contributed by atoms with Crippen LogP contribution in [0.2, 0.25) is 0 Å². The Balaban J connectivity index is 1.78. The first-order valence-corrected chi connectivity index (χ1v) is 7.67. The van der Waals surface area contributed by atoms with E-state index in [4.69, 9.17) is 9.47 Å². The van der Waals surface area contributed by atoms with Gasteiger partial charge in [0.1, 0.15) is 5.82 Å². The molecule has 1 fully saturated rings. The second-order valence-corrected chi connectivity index (χ2v) is 5.47. The number of ether oxygens (including phenoxy) is 2. The molecule has 1 N–H and O–H groups in total. The summed E-state index contributed by atoms with van der Waals surface area (Å²) >= 11 is 0. The van der Waals surface area contributed by atoms with E-state index in [1.807, 2.05) is 6.20 Å². The van der Waals surface area contributed by atoms with Gasteiger partial charge in [0.25, 0.3) is 0 Å². The lowest BCUT2D eigenvalue weighted by molar-refractivity contribution is -0.0435. The predicted octanol–water partition coefficient (Wildman–Crippen LogP) is 1.99. The van der Waals surface area contributed by atoms with Gasteiger partial charge < -0.3 is 14.5 Å². The minimum atomic E-state index is 0.297. The van der Waals surface area contributed by atoms with Crippen molar-refractivity contribution in [3.63, 3.8) is 0 Å². The largest absolute Gasteiger partial charge is 0.385 e. The van der Waals surface area contributed by atoms with Crippen LogP contribution >= 0.6 is 0 Å². The zero-order valence-corrected chi connectivity index (χ0v) is 12.7. The Morgan fingerprint density at radius 2 is 2.45 bits per heavy atom. The lowest BCUT2D eigenvalue weighted by Gasteiger charge is -2.32. The molecule has 1 aliphatic heterocycles. The molecule has 1 aliphatic rings. The molecule has 0 amide bonds. The summed E-state index contributed by atoms with van der Waals surface area (Å²) in [5.74, 6) is 1.12. The van der Waals surface area contributed by atoms with Crippen molar-refractivity contribution < 1.29 is 9.47 Å². The predicted molar refractivity (Wildman–Crippen MR) is 78.7 cm³/mol. The van der Waals surface area contributed by atoms with Crippen molar-refractivity contribution in [3.8, 4) is 0 Å². The molecule has 5 heteroatoms. The van der Waals surface area contributed by atoms with Crippen molar-refractivity contribution in [2.45, 2.75) is 45.3 Å². The van der Waals surface area contributed by atoms with E-state index in [2.05, 4.69) is 21.8 Å². The first kappa shape index (κ1) is 15.5.